The van der Waals surface area contributed by atoms with E-state index in [9.17, 15) is 22.0 Å². The molecule has 3 saturated heterocycles. The summed E-state index contributed by atoms with van der Waals surface area (Å²) in [6.45, 7) is 4.59. The Labute approximate surface area is 250 Å². The molecule has 3 aliphatic heterocycles. The molecule has 1 aliphatic carbocycles. The van der Waals surface area contributed by atoms with Crippen LogP contribution in [-0.4, -0.2) is 77.8 Å². The largest absolute Gasteiger partial charge is 0.416 e. The number of nitrogens with zero attached hydrogens (tertiary/aromatic N) is 8. The maximum absolute atomic E-state index is 14.1. The van der Waals surface area contributed by atoms with E-state index >= 15 is 0 Å². The quantitative estimate of drug-likeness (QED) is 0.268. The fourth-order valence-corrected chi connectivity index (χ4v) is 8.03. The average molecular weight is 617 g/mol. The Morgan fingerprint density at radius 1 is 1.02 bits per heavy atom. The number of benzene rings is 1. The van der Waals surface area contributed by atoms with Crippen LogP contribution in [0.5, 0.6) is 0 Å². The molecule has 0 amide bonds. The Bertz CT molecular complexity index is 1670. The third-order valence-electron chi connectivity index (χ3n) is 10.0. The Kier molecular flexibility index (Phi) is 6.43. The van der Waals surface area contributed by atoms with Crippen molar-refractivity contribution in [3.63, 3.8) is 0 Å². The highest BCUT2D eigenvalue weighted by Gasteiger charge is 2.54. The highest BCUT2D eigenvalue weighted by molar-refractivity contribution is 5.86. The molecule has 4 fully saturated rings. The number of hydrogen-bond donors (Lipinski definition) is 0. The fraction of sp³-hybridized carbons (Fsp3) is 0.600. The summed E-state index contributed by atoms with van der Waals surface area (Å²) in [7, 11) is 0. The van der Waals surface area contributed by atoms with Gasteiger partial charge in [0, 0.05) is 50.7 Å². The van der Waals surface area contributed by atoms with E-state index in [0.29, 0.717) is 36.8 Å². The van der Waals surface area contributed by atoms with E-state index in [-0.39, 0.29) is 43.0 Å². The monoisotopic (exact) mass is 616 g/mol. The molecule has 0 radical (unpaired) electrons. The van der Waals surface area contributed by atoms with Gasteiger partial charge in [-0.2, -0.15) is 18.2 Å². The first kappa shape index (κ1) is 28.1. The van der Waals surface area contributed by atoms with Gasteiger partial charge in [0.2, 0.25) is 5.92 Å². The molecule has 14 heteroatoms. The smallest absolute Gasteiger partial charge is 0.376 e. The Hall–Kier alpha value is -3.39. The van der Waals surface area contributed by atoms with E-state index in [2.05, 4.69) is 24.6 Å². The van der Waals surface area contributed by atoms with Gasteiger partial charge in [-0.3, -0.25) is 4.90 Å². The second-order valence-electron chi connectivity index (χ2n) is 12.8. The molecule has 6 heterocycles. The average Bonchev–Trinajstić information content (AvgIpc) is 3.75. The third kappa shape index (κ3) is 4.63. The number of alkyl halides is 5. The molecule has 4 aromatic rings. The van der Waals surface area contributed by atoms with Gasteiger partial charge >= 0.3 is 6.18 Å². The second kappa shape index (κ2) is 10.1. The van der Waals surface area contributed by atoms with Crippen LogP contribution < -0.4 is 4.90 Å². The standard InChI is InChI=1S/C30H33F5N8O/c1-17-37-24-26(38-28-39-36-16-42(28)27(24)41(17)15-23-3-2-10-44-23)40-13-21-8-9-22(14-40)43(21)25(19-11-29(31,32)12-19)18-4-6-20(7-5-18)30(33,34)35/h4-7,16,19,21-23,25H,2-3,8-15H2,1H3/t21-,22+,23-,25?/m0/s1. The van der Waals surface area contributed by atoms with Gasteiger partial charge in [0.15, 0.2) is 11.5 Å². The van der Waals surface area contributed by atoms with E-state index in [1.807, 2.05) is 11.3 Å². The van der Waals surface area contributed by atoms with Crippen LogP contribution in [0.2, 0.25) is 0 Å². The highest BCUT2D eigenvalue weighted by atomic mass is 19.4. The topological polar surface area (TPSA) is 76.6 Å². The zero-order valence-electron chi connectivity index (χ0n) is 24.2. The molecule has 234 valence electrons. The first-order valence-corrected chi connectivity index (χ1v) is 15.3. The maximum atomic E-state index is 14.1. The van der Waals surface area contributed by atoms with Crippen LogP contribution >= 0.6 is 0 Å². The number of anilines is 1. The minimum Gasteiger partial charge on any atom is -0.376 e. The van der Waals surface area contributed by atoms with Crippen molar-refractivity contribution >= 4 is 22.8 Å². The zero-order chi connectivity index (χ0) is 30.4. The van der Waals surface area contributed by atoms with Crippen LogP contribution in [0.3, 0.4) is 0 Å². The Morgan fingerprint density at radius 3 is 2.39 bits per heavy atom. The van der Waals surface area contributed by atoms with Crippen molar-refractivity contribution in [1.82, 2.24) is 34.0 Å². The molecule has 0 spiro atoms. The van der Waals surface area contributed by atoms with E-state index in [0.717, 1.165) is 61.4 Å². The van der Waals surface area contributed by atoms with Crippen molar-refractivity contribution in [2.45, 2.75) is 88.3 Å². The summed E-state index contributed by atoms with van der Waals surface area (Å²) in [4.78, 5) is 14.4. The summed E-state index contributed by atoms with van der Waals surface area (Å²) in [6.07, 6.45) is 0.527. The number of ether oxygens (including phenoxy) is 1. The maximum Gasteiger partial charge on any atom is 0.416 e. The van der Waals surface area contributed by atoms with E-state index in [1.165, 1.54) is 12.1 Å². The van der Waals surface area contributed by atoms with E-state index in [4.69, 9.17) is 14.7 Å². The number of rotatable bonds is 6. The van der Waals surface area contributed by atoms with Gasteiger partial charge in [0.1, 0.15) is 17.7 Å². The second-order valence-corrected chi connectivity index (χ2v) is 12.8. The molecule has 44 heavy (non-hydrogen) atoms. The van der Waals surface area contributed by atoms with E-state index < -0.39 is 17.7 Å². The van der Waals surface area contributed by atoms with Crippen molar-refractivity contribution < 1.29 is 26.7 Å². The molecular formula is C30H33F5N8O. The third-order valence-corrected chi connectivity index (χ3v) is 10.0. The molecule has 4 atom stereocenters. The highest BCUT2D eigenvalue weighted by Crippen LogP contribution is 2.53. The molecule has 1 unspecified atom stereocenters. The lowest BCUT2D eigenvalue weighted by Gasteiger charge is -2.51. The molecule has 1 saturated carbocycles. The first-order chi connectivity index (χ1) is 21.1. The van der Waals surface area contributed by atoms with Gasteiger partial charge in [-0.05, 0) is 56.2 Å². The number of aromatic nitrogens is 6. The summed E-state index contributed by atoms with van der Waals surface area (Å²) in [5.74, 6) is -1.04. The Morgan fingerprint density at radius 2 is 1.75 bits per heavy atom. The van der Waals surface area contributed by atoms with Gasteiger partial charge in [0.05, 0.1) is 18.2 Å². The number of aryl methyl sites for hydroxylation is 1. The number of hydrogen-bond acceptors (Lipinski definition) is 7. The van der Waals surface area contributed by atoms with Crippen molar-refractivity contribution in [3.05, 3.63) is 47.5 Å². The molecule has 2 bridgehead atoms. The van der Waals surface area contributed by atoms with Crippen LogP contribution in [0.4, 0.5) is 27.8 Å². The molecule has 3 aromatic heterocycles. The summed E-state index contributed by atoms with van der Waals surface area (Å²) < 4.78 is 78.2. The SMILES string of the molecule is Cc1nc2c(N3C[C@H]4CC[C@@H](C3)N4C(c3ccc(C(F)(F)F)cc3)C3CC(F)(F)C3)nc3nncn3c2n1C[C@@H]1CCCO1. The van der Waals surface area contributed by atoms with Crippen molar-refractivity contribution in [2.75, 3.05) is 24.6 Å². The molecule has 0 N–H and O–H groups in total. The molecule has 1 aromatic carbocycles. The van der Waals surface area contributed by atoms with Gasteiger partial charge < -0.3 is 14.2 Å². The Balaban J connectivity index is 1.13. The zero-order valence-corrected chi connectivity index (χ0v) is 24.2. The number of imidazole rings is 1. The van der Waals surface area contributed by atoms with Crippen molar-refractivity contribution in [1.29, 1.82) is 0 Å². The summed E-state index contributed by atoms with van der Waals surface area (Å²) >= 11 is 0. The molecular weight excluding hydrogens is 583 g/mol. The van der Waals surface area contributed by atoms with Crippen LogP contribution in [-0.2, 0) is 17.5 Å². The summed E-state index contributed by atoms with van der Waals surface area (Å²) in [5.41, 5.74) is 1.54. The van der Waals surface area contributed by atoms with Gasteiger partial charge in [-0.25, -0.2) is 18.2 Å². The minimum atomic E-state index is -4.46. The lowest BCUT2D eigenvalue weighted by molar-refractivity contribution is -0.138. The summed E-state index contributed by atoms with van der Waals surface area (Å²) in [5, 5.41) is 8.38. The van der Waals surface area contributed by atoms with Crippen LogP contribution in [0.15, 0.2) is 30.6 Å². The van der Waals surface area contributed by atoms with Gasteiger partial charge in [-0.15, -0.1) is 10.2 Å². The minimum absolute atomic E-state index is 0.0243. The van der Waals surface area contributed by atoms with Gasteiger partial charge in [0.25, 0.3) is 5.78 Å². The first-order valence-electron chi connectivity index (χ1n) is 15.3. The lowest BCUT2D eigenvalue weighted by atomic mass is 9.73. The molecule has 8 rings (SSSR count). The predicted octanol–water partition coefficient (Wildman–Crippen LogP) is 5.42. The van der Waals surface area contributed by atoms with E-state index in [1.54, 1.807) is 6.33 Å². The van der Waals surface area contributed by atoms with Crippen LogP contribution in [0.1, 0.15) is 61.5 Å². The predicted molar refractivity (Wildman–Crippen MR) is 151 cm³/mol. The molecule has 9 nitrogen and oxygen atoms in total. The number of halogens is 5. The van der Waals surface area contributed by atoms with Crippen molar-refractivity contribution in [3.8, 4) is 0 Å². The lowest BCUT2D eigenvalue weighted by Crippen LogP contribution is -2.58. The summed E-state index contributed by atoms with van der Waals surface area (Å²) in [6, 6.07) is 4.76. The number of fused-ring (bicyclic) bond motifs is 5. The van der Waals surface area contributed by atoms with Crippen molar-refractivity contribution in [2.24, 2.45) is 5.92 Å². The molecule has 4 aliphatic rings. The number of piperazine rings is 1. The van der Waals surface area contributed by atoms with Crippen LogP contribution in [0.25, 0.3) is 16.9 Å². The van der Waals surface area contributed by atoms with Crippen LogP contribution in [0, 0.1) is 12.8 Å². The van der Waals surface area contributed by atoms with Gasteiger partial charge in [-0.1, -0.05) is 12.1 Å². The normalized spacial score (nSPS) is 26.6. The fourth-order valence-electron chi connectivity index (χ4n) is 8.03.